The van der Waals surface area contributed by atoms with Gasteiger partial charge in [0.2, 0.25) is 5.13 Å². The first-order valence-electron chi connectivity index (χ1n) is 4.95. The molecule has 1 aromatic heterocycles. The average Bonchev–Trinajstić information content (AvgIpc) is 2.68. The Hall–Kier alpha value is -1.01. The Morgan fingerprint density at radius 2 is 2.13 bits per heavy atom. The minimum Gasteiger partial charge on any atom is -0.387 e. The lowest BCUT2D eigenvalue weighted by molar-refractivity contribution is -0.118. The van der Waals surface area contributed by atoms with Gasteiger partial charge in [-0.05, 0) is 12.8 Å². The van der Waals surface area contributed by atoms with Crippen molar-refractivity contribution in [3.63, 3.8) is 0 Å². The van der Waals surface area contributed by atoms with Crippen LogP contribution in [-0.2, 0) is 4.79 Å². The molecule has 0 atom stereocenters. The van der Waals surface area contributed by atoms with Gasteiger partial charge in [0.05, 0.1) is 0 Å². The van der Waals surface area contributed by atoms with E-state index in [1.807, 2.05) is 0 Å². The van der Waals surface area contributed by atoms with Gasteiger partial charge in [-0.25, -0.2) is 0 Å². The number of nitrogens with zero attached hydrogens (tertiary/aromatic N) is 2. The van der Waals surface area contributed by atoms with Crippen LogP contribution in [0.1, 0.15) is 37.6 Å². The summed E-state index contributed by atoms with van der Waals surface area (Å²) in [6, 6.07) is 0. The van der Waals surface area contributed by atoms with Crippen LogP contribution in [0.25, 0.3) is 0 Å². The molecule has 5 nitrogen and oxygen atoms in total. The summed E-state index contributed by atoms with van der Waals surface area (Å²) in [5.41, 5.74) is 0. The summed E-state index contributed by atoms with van der Waals surface area (Å²) in [6.45, 7) is 3.67. The van der Waals surface area contributed by atoms with Crippen molar-refractivity contribution in [2.24, 2.45) is 0 Å². The molecule has 6 heteroatoms. The first-order chi connectivity index (χ1) is 7.21. The lowest BCUT2D eigenvalue weighted by Crippen LogP contribution is -2.15. The Balaban J connectivity index is 2.67. The number of carbonyl (C=O) groups is 1. The minimum atomic E-state index is -0.528. The Labute approximate surface area is 92.5 Å². The first kappa shape index (κ1) is 12.1. The third-order valence-electron chi connectivity index (χ3n) is 2.17. The van der Waals surface area contributed by atoms with Crippen LogP contribution in [0.2, 0.25) is 0 Å². The van der Waals surface area contributed by atoms with Gasteiger partial charge in [-0.2, -0.15) is 0 Å². The van der Waals surface area contributed by atoms with Crippen LogP contribution in [0.4, 0.5) is 5.13 Å². The third kappa shape index (κ3) is 3.24. The summed E-state index contributed by atoms with van der Waals surface area (Å²) >= 11 is 1.37. The number of nitrogens with one attached hydrogen (secondary N) is 1. The van der Waals surface area contributed by atoms with Gasteiger partial charge >= 0.3 is 0 Å². The predicted octanol–water partition coefficient (Wildman–Crippen LogP) is 1.37. The molecule has 0 aliphatic rings. The molecule has 0 radical (unpaired) electrons. The van der Waals surface area contributed by atoms with E-state index < -0.39 is 12.5 Å². The maximum atomic E-state index is 10.9. The van der Waals surface area contributed by atoms with E-state index in [1.165, 1.54) is 11.3 Å². The van der Waals surface area contributed by atoms with E-state index >= 15 is 0 Å². The summed E-state index contributed by atoms with van der Waals surface area (Å²) < 4.78 is 0. The number of hydrogen-bond donors (Lipinski definition) is 2. The Kier molecular flexibility index (Phi) is 4.64. The second-order valence-electron chi connectivity index (χ2n) is 3.17. The van der Waals surface area contributed by atoms with Crippen LogP contribution in [0.5, 0.6) is 0 Å². The molecule has 0 aromatic carbocycles. The second kappa shape index (κ2) is 5.77. The van der Waals surface area contributed by atoms with Crippen LogP contribution in [0.15, 0.2) is 0 Å². The maximum Gasteiger partial charge on any atom is 0.251 e. The van der Waals surface area contributed by atoms with Crippen molar-refractivity contribution < 1.29 is 9.90 Å². The van der Waals surface area contributed by atoms with Crippen molar-refractivity contribution in [2.75, 3.05) is 11.9 Å². The molecule has 15 heavy (non-hydrogen) atoms. The fraction of sp³-hybridized carbons (Fsp3) is 0.667. The van der Waals surface area contributed by atoms with Gasteiger partial charge in [-0.15, -0.1) is 10.2 Å². The molecule has 2 N–H and O–H groups in total. The first-order valence-corrected chi connectivity index (χ1v) is 5.77. The summed E-state index contributed by atoms with van der Waals surface area (Å²) in [4.78, 5) is 10.9. The molecule has 0 bridgehead atoms. The van der Waals surface area contributed by atoms with Gasteiger partial charge < -0.3 is 5.11 Å². The van der Waals surface area contributed by atoms with E-state index in [-0.39, 0.29) is 0 Å². The molecule has 0 fully saturated rings. The number of rotatable bonds is 5. The second-order valence-corrected chi connectivity index (χ2v) is 4.17. The molecule has 1 rings (SSSR count). The molecule has 84 valence electrons. The fourth-order valence-electron chi connectivity index (χ4n) is 1.25. The van der Waals surface area contributed by atoms with E-state index in [1.54, 1.807) is 0 Å². The predicted molar refractivity (Wildman–Crippen MR) is 58.9 cm³/mol. The van der Waals surface area contributed by atoms with Gasteiger partial charge in [0, 0.05) is 5.92 Å². The molecular weight excluding hydrogens is 214 g/mol. The lowest BCUT2D eigenvalue weighted by Gasteiger charge is -2.05. The van der Waals surface area contributed by atoms with E-state index in [0.29, 0.717) is 11.0 Å². The zero-order valence-corrected chi connectivity index (χ0v) is 9.67. The molecule has 1 aromatic rings. The molecule has 0 aliphatic carbocycles. The van der Waals surface area contributed by atoms with Crippen LogP contribution < -0.4 is 5.32 Å². The van der Waals surface area contributed by atoms with E-state index in [2.05, 4.69) is 29.4 Å². The topological polar surface area (TPSA) is 75.1 Å². The Morgan fingerprint density at radius 1 is 1.47 bits per heavy atom. The molecule has 1 heterocycles. The van der Waals surface area contributed by atoms with Crippen molar-refractivity contribution in [1.82, 2.24) is 10.2 Å². The Bertz CT molecular complexity index is 323. The summed E-state index contributed by atoms with van der Waals surface area (Å²) in [5, 5.41) is 20.3. The van der Waals surface area contributed by atoms with Crippen molar-refractivity contribution in [3.8, 4) is 0 Å². The number of anilines is 1. The molecule has 1 amide bonds. The van der Waals surface area contributed by atoms with Gasteiger partial charge in [0.15, 0.2) is 0 Å². The van der Waals surface area contributed by atoms with Crippen LogP contribution in [-0.4, -0.2) is 27.8 Å². The highest BCUT2D eigenvalue weighted by Gasteiger charge is 2.13. The number of amides is 1. The van der Waals surface area contributed by atoms with E-state index in [0.717, 1.165) is 17.8 Å². The lowest BCUT2D eigenvalue weighted by atomic mass is 10.1. The van der Waals surface area contributed by atoms with Crippen molar-refractivity contribution >= 4 is 22.4 Å². The molecule has 0 saturated heterocycles. The summed E-state index contributed by atoms with van der Waals surface area (Å²) in [5.74, 6) is -0.0514. The monoisotopic (exact) mass is 229 g/mol. The highest BCUT2D eigenvalue weighted by molar-refractivity contribution is 7.15. The quantitative estimate of drug-likeness (QED) is 0.799. The van der Waals surface area contributed by atoms with Crippen molar-refractivity contribution in [2.45, 2.75) is 32.6 Å². The van der Waals surface area contributed by atoms with Gasteiger partial charge in [0.25, 0.3) is 5.91 Å². The van der Waals surface area contributed by atoms with Crippen LogP contribution in [0.3, 0.4) is 0 Å². The molecule has 0 saturated carbocycles. The zero-order valence-electron chi connectivity index (χ0n) is 8.86. The van der Waals surface area contributed by atoms with Crippen molar-refractivity contribution in [1.29, 1.82) is 0 Å². The summed E-state index contributed by atoms with van der Waals surface area (Å²) in [6.07, 6.45) is 2.03. The highest BCUT2D eigenvalue weighted by Crippen LogP contribution is 2.27. The van der Waals surface area contributed by atoms with E-state index in [9.17, 15) is 4.79 Å². The van der Waals surface area contributed by atoms with Gasteiger partial charge in [-0.1, -0.05) is 25.2 Å². The highest BCUT2D eigenvalue weighted by atomic mass is 32.1. The molecule has 0 spiro atoms. The van der Waals surface area contributed by atoms with Crippen LogP contribution in [0, 0.1) is 0 Å². The number of aliphatic hydroxyl groups excluding tert-OH is 1. The van der Waals surface area contributed by atoms with Gasteiger partial charge in [0.1, 0.15) is 11.6 Å². The number of aliphatic hydroxyl groups is 1. The van der Waals surface area contributed by atoms with Crippen LogP contribution >= 0.6 is 11.3 Å². The van der Waals surface area contributed by atoms with Crippen molar-refractivity contribution in [3.05, 3.63) is 5.01 Å². The largest absolute Gasteiger partial charge is 0.387 e. The minimum absolute atomic E-state index is 0.405. The third-order valence-corrected chi connectivity index (χ3v) is 3.17. The standard InChI is InChI=1S/C9H15N3O2S/c1-3-6(4-2)8-11-12-9(15-8)10-7(14)5-13/h6,13H,3-5H2,1-2H3,(H,10,12,14). The molecular formula is C9H15N3O2S. The smallest absolute Gasteiger partial charge is 0.251 e. The average molecular weight is 229 g/mol. The number of aromatic nitrogens is 2. The SMILES string of the molecule is CCC(CC)c1nnc(NC(=O)CO)s1. The number of carbonyl (C=O) groups excluding carboxylic acids is 1. The summed E-state index contributed by atoms with van der Waals surface area (Å²) in [7, 11) is 0. The van der Waals surface area contributed by atoms with E-state index in [4.69, 9.17) is 5.11 Å². The normalized spacial score (nSPS) is 10.7. The fourth-order valence-corrected chi connectivity index (χ4v) is 2.27. The number of hydrogen-bond acceptors (Lipinski definition) is 5. The Morgan fingerprint density at radius 3 is 2.67 bits per heavy atom. The zero-order chi connectivity index (χ0) is 11.3. The maximum absolute atomic E-state index is 10.9. The molecule has 0 unspecified atom stereocenters. The molecule has 0 aliphatic heterocycles. The van der Waals surface area contributed by atoms with Gasteiger partial charge in [-0.3, -0.25) is 10.1 Å².